The summed E-state index contributed by atoms with van der Waals surface area (Å²) in [6.45, 7) is 5.58. The molecule has 3 aliphatic rings. The first-order chi connectivity index (χ1) is 17.4. The minimum atomic E-state index is -0.576. The molecule has 8 nitrogen and oxygen atoms in total. The van der Waals surface area contributed by atoms with Gasteiger partial charge in [0.25, 0.3) is 0 Å². The van der Waals surface area contributed by atoms with Gasteiger partial charge >= 0.3 is 6.03 Å². The van der Waals surface area contributed by atoms with Crippen molar-refractivity contribution in [2.24, 2.45) is 17.8 Å². The first kappa shape index (κ1) is 24.3. The standard InChI is InChI=1S/C28H35N5O3/c1-19(2)16-29-25(34)22-13-14-23-24(15-22)33-27(31(26(23)35)17-20-9-5-3-6-10-20)30-32(28(33)36)18-21-11-7-4-8-12-21/h3-12,19,22-24,27,30H,13-18H2,1-2H3,(H,29,34). The van der Waals surface area contributed by atoms with Gasteiger partial charge in [-0.3, -0.25) is 19.5 Å². The Morgan fingerprint density at radius 3 is 2.25 bits per heavy atom. The van der Waals surface area contributed by atoms with Crippen molar-refractivity contribution in [3.63, 3.8) is 0 Å². The number of hydrogen-bond donors (Lipinski definition) is 2. The van der Waals surface area contributed by atoms with Crippen molar-refractivity contribution in [3.8, 4) is 0 Å². The van der Waals surface area contributed by atoms with Crippen molar-refractivity contribution in [1.29, 1.82) is 0 Å². The molecule has 2 saturated heterocycles. The molecule has 4 atom stereocenters. The van der Waals surface area contributed by atoms with Gasteiger partial charge in [-0.05, 0) is 36.3 Å². The minimum Gasteiger partial charge on any atom is -0.356 e. The van der Waals surface area contributed by atoms with Gasteiger partial charge in [0, 0.05) is 25.0 Å². The van der Waals surface area contributed by atoms with Gasteiger partial charge in [-0.2, -0.15) is 5.43 Å². The number of urea groups is 1. The van der Waals surface area contributed by atoms with E-state index in [1.807, 2.05) is 65.6 Å². The Labute approximate surface area is 212 Å². The maximum absolute atomic E-state index is 13.8. The third-order valence-corrected chi connectivity index (χ3v) is 7.49. The SMILES string of the molecule is CC(C)CNC(=O)C1CCC2C(=O)N(Cc3ccccc3)C3NN(Cc4ccccc4)C(=O)N3C2C1. The molecule has 5 rings (SSSR count). The van der Waals surface area contributed by atoms with Crippen molar-refractivity contribution < 1.29 is 14.4 Å². The molecule has 8 heteroatoms. The van der Waals surface area contributed by atoms with Gasteiger partial charge in [-0.15, -0.1) is 0 Å². The second-order valence-electron chi connectivity index (χ2n) is 10.5. The first-order valence-electron chi connectivity index (χ1n) is 12.9. The monoisotopic (exact) mass is 489 g/mol. The van der Waals surface area contributed by atoms with Crippen molar-refractivity contribution in [1.82, 2.24) is 25.6 Å². The summed E-state index contributed by atoms with van der Waals surface area (Å²) in [5, 5.41) is 4.66. The fourth-order valence-corrected chi connectivity index (χ4v) is 5.63. The molecule has 2 aromatic carbocycles. The average molecular weight is 490 g/mol. The van der Waals surface area contributed by atoms with Crippen LogP contribution in [-0.4, -0.2) is 51.5 Å². The number of nitrogens with zero attached hydrogens (tertiary/aromatic N) is 3. The Bertz CT molecular complexity index is 1090. The van der Waals surface area contributed by atoms with Crippen molar-refractivity contribution >= 4 is 17.8 Å². The molecule has 4 unspecified atom stereocenters. The number of hydrazine groups is 1. The molecule has 0 spiro atoms. The molecule has 0 radical (unpaired) electrons. The highest BCUT2D eigenvalue weighted by Gasteiger charge is 2.56. The van der Waals surface area contributed by atoms with Crippen LogP contribution in [0, 0.1) is 17.8 Å². The fraction of sp³-hybridized carbons (Fsp3) is 0.464. The van der Waals surface area contributed by atoms with E-state index in [4.69, 9.17) is 0 Å². The van der Waals surface area contributed by atoms with E-state index in [0.29, 0.717) is 44.8 Å². The maximum Gasteiger partial charge on any atom is 0.337 e. The van der Waals surface area contributed by atoms with Gasteiger partial charge in [0.15, 0.2) is 6.29 Å². The highest BCUT2D eigenvalue weighted by Crippen LogP contribution is 2.41. The van der Waals surface area contributed by atoms with Crippen LogP contribution in [0.25, 0.3) is 0 Å². The topological polar surface area (TPSA) is 85.0 Å². The second kappa shape index (κ2) is 10.3. The lowest BCUT2D eigenvalue weighted by atomic mass is 9.75. The predicted molar refractivity (Wildman–Crippen MR) is 136 cm³/mol. The van der Waals surface area contributed by atoms with Gasteiger partial charge < -0.3 is 10.2 Å². The van der Waals surface area contributed by atoms with Crippen LogP contribution in [0.5, 0.6) is 0 Å². The van der Waals surface area contributed by atoms with E-state index in [-0.39, 0.29) is 35.7 Å². The molecule has 2 aromatic rings. The van der Waals surface area contributed by atoms with Crippen LogP contribution in [0.4, 0.5) is 4.79 Å². The van der Waals surface area contributed by atoms with Crippen molar-refractivity contribution in [2.45, 2.75) is 58.5 Å². The largest absolute Gasteiger partial charge is 0.356 e. The molecule has 0 bridgehead atoms. The molecule has 2 N–H and O–H groups in total. The van der Waals surface area contributed by atoms with E-state index in [1.54, 1.807) is 9.91 Å². The lowest BCUT2D eigenvalue weighted by Crippen LogP contribution is -2.66. The van der Waals surface area contributed by atoms with Crippen LogP contribution in [0.2, 0.25) is 0 Å². The van der Waals surface area contributed by atoms with Crippen molar-refractivity contribution in [3.05, 3.63) is 71.8 Å². The molecular formula is C28H35N5O3. The van der Waals surface area contributed by atoms with Gasteiger partial charge in [-0.25, -0.2) is 4.79 Å². The summed E-state index contributed by atoms with van der Waals surface area (Å²) < 4.78 is 0. The quantitative estimate of drug-likeness (QED) is 0.625. The normalized spacial score (nSPS) is 25.7. The molecule has 4 amide bonds. The van der Waals surface area contributed by atoms with Crippen LogP contribution in [0.15, 0.2) is 60.7 Å². The molecule has 1 aliphatic carbocycles. The van der Waals surface area contributed by atoms with Gasteiger partial charge in [-0.1, -0.05) is 74.5 Å². The van der Waals surface area contributed by atoms with Crippen LogP contribution in [0.1, 0.15) is 44.2 Å². The van der Waals surface area contributed by atoms with E-state index < -0.39 is 6.29 Å². The number of fused-ring (bicyclic) bond motifs is 3. The molecule has 2 aliphatic heterocycles. The smallest absolute Gasteiger partial charge is 0.337 e. The zero-order valence-electron chi connectivity index (χ0n) is 21.0. The molecule has 36 heavy (non-hydrogen) atoms. The Morgan fingerprint density at radius 2 is 1.61 bits per heavy atom. The van der Waals surface area contributed by atoms with Gasteiger partial charge in [0.2, 0.25) is 11.8 Å². The molecule has 1 saturated carbocycles. The van der Waals surface area contributed by atoms with E-state index in [9.17, 15) is 14.4 Å². The summed E-state index contributed by atoms with van der Waals surface area (Å²) in [6, 6.07) is 19.2. The number of hydrogen-bond acceptors (Lipinski definition) is 4. The molecule has 0 aromatic heterocycles. The average Bonchev–Trinajstić information content (AvgIpc) is 3.21. The number of amides is 4. The zero-order chi connectivity index (χ0) is 25.2. The zero-order valence-corrected chi connectivity index (χ0v) is 21.0. The lowest BCUT2D eigenvalue weighted by Gasteiger charge is -2.49. The molecule has 190 valence electrons. The fourth-order valence-electron chi connectivity index (χ4n) is 5.63. The summed E-state index contributed by atoms with van der Waals surface area (Å²) in [6.07, 6.45) is 1.18. The molecular weight excluding hydrogens is 454 g/mol. The van der Waals surface area contributed by atoms with Crippen molar-refractivity contribution in [2.75, 3.05) is 6.54 Å². The van der Waals surface area contributed by atoms with Crippen LogP contribution in [0.3, 0.4) is 0 Å². The highest BCUT2D eigenvalue weighted by molar-refractivity contribution is 5.87. The summed E-state index contributed by atoms with van der Waals surface area (Å²) >= 11 is 0. The molecule has 2 heterocycles. The summed E-state index contributed by atoms with van der Waals surface area (Å²) in [5.74, 6) is -0.0587. The Balaban J connectivity index is 1.41. The number of rotatable bonds is 7. The van der Waals surface area contributed by atoms with E-state index in [2.05, 4.69) is 24.6 Å². The first-order valence-corrected chi connectivity index (χ1v) is 12.9. The third-order valence-electron chi connectivity index (χ3n) is 7.49. The summed E-state index contributed by atoms with van der Waals surface area (Å²) in [4.78, 5) is 44.1. The van der Waals surface area contributed by atoms with E-state index >= 15 is 0 Å². The number of carbonyl (C=O) groups is 3. The summed E-state index contributed by atoms with van der Waals surface area (Å²) in [7, 11) is 0. The van der Waals surface area contributed by atoms with Crippen LogP contribution >= 0.6 is 0 Å². The number of carbonyl (C=O) groups excluding carboxylic acids is 3. The van der Waals surface area contributed by atoms with E-state index in [1.165, 1.54) is 0 Å². The predicted octanol–water partition coefficient (Wildman–Crippen LogP) is 3.31. The maximum atomic E-state index is 13.8. The van der Waals surface area contributed by atoms with Gasteiger partial charge in [0.05, 0.1) is 12.5 Å². The number of nitrogens with one attached hydrogen (secondary N) is 2. The minimum absolute atomic E-state index is 0.0265. The van der Waals surface area contributed by atoms with Crippen LogP contribution < -0.4 is 10.7 Å². The second-order valence-corrected chi connectivity index (χ2v) is 10.5. The lowest BCUT2D eigenvalue weighted by molar-refractivity contribution is -0.159. The number of benzene rings is 2. The Hall–Kier alpha value is -3.39. The Kier molecular flexibility index (Phi) is 6.96. The van der Waals surface area contributed by atoms with Gasteiger partial charge in [0.1, 0.15) is 0 Å². The van der Waals surface area contributed by atoms with Crippen LogP contribution in [-0.2, 0) is 22.7 Å². The summed E-state index contributed by atoms with van der Waals surface area (Å²) in [5.41, 5.74) is 5.34. The van der Waals surface area contributed by atoms with E-state index in [0.717, 1.165) is 11.1 Å². The third kappa shape index (κ3) is 4.82. The highest BCUT2D eigenvalue weighted by atomic mass is 16.2. The Morgan fingerprint density at radius 1 is 0.972 bits per heavy atom. The molecule has 3 fully saturated rings.